The van der Waals surface area contributed by atoms with Crippen LogP contribution in [0.5, 0.6) is 5.75 Å². The van der Waals surface area contributed by atoms with Crippen LogP contribution in [-0.2, 0) is 6.54 Å². The highest BCUT2D eigenvalue weighted by atomic mass is 16.5. The van der Waals surface area contributed by atoms with Gasteiger partial charge in [-0.15, -0.1) is 0 Å². The van der Waals surface area contributed by atoms with Gasteiger partial charge in [-0.3, -0.25) is 4.79 Å². The average Bonchev–Trinajstić information content (AvgIpc) is 3.05. The van der Waals surface area contributed by atoms with Gasteiger partial charge >= 0.3 is 0 Å². The van der Waals surface area contributed by atoms with Crippen LogP contribution in [0.4, 0.5) is 0 Å². The minimum atomic E-state index is 0.0301. The Morgan fingerprint density at radius 2 is 2.08 bits per heavy atom. The lowest BCUT2D eigenvalue weighted by Gasteiger charge is -2.25. The number of aromatic nitrogens is 3. The van der Waals surface area contributed by atoms with Crippen LogP contribution in [0.2, 0.25) is 0 Å². The predicted octanol–water partition coefficient (Wildman–Crippen LogP) is 4.14. The normalized spacial score (nSPS) is 14.5. The number of hydrogen-bond acceptors (Lipinski definition) is 3. The molecule has 1 aliphatic carbocycles. The Labute approximate surface area is 153 Å². The molecule has 136 valence electrons. The predicted molar refractivity (Wildman–Crippen MR) is 103 cm³/mol. The van der Waals surface area contributed by atoms with Crippen LogP contribution in [0.3, 0.4) is 0 Å². The molecular weight excluding hydrogens is 326 g/mol. The summed E-state index contributed by atoms with van der Waals surface area (Å²) in [6.07, 6.45) is 9.58. The van der Waals surface area contributed by atoms with Crippen molar-refractivity contribution in [3.63, 3.8) is 0 Å². The summed E-state index contributed by atoms with van der Waals surface area (Å²) < 4.78 is 9.43. The van der Waals surface area contributed by atoms with Crippen molar-refractivity contribution in [3.05, 3.63) is 53.1 Å². The third-order valence-corrected chi connectivity index (χ3v) is 5.20. The van der Waals surface area contributed by atoms with E-state index in [1.54, 1.807) is 4.52 Å². The fourth-order valence-electron chi connectivity index (χ4n) is 3.39. The molecule has 0 atom stereocenters. The first-order chi connectivity index (χ1) is 12.8. The number of rotatable bonds is 7. The molecule has 5 nitrogen and oxygen atoms in total. The van der Waals surface area contributed by atoms with Crippen molar-refractivity contribution in [1.82, 2.24) is 14.2 Å². The van der Waals surface area contributed by atoms with Gasteiger partial charge in [0, 0.05) is 24.5 Å². The molecule has 0 bridgehead atoms. The van der Waals surface area contributed by atoms with E-state index in [9.17, 15) is 4.79 Å². The number of unbranched alkanes of at least 4 members (excludes halogenated alkanes) is 1. The average molecular weight is 351 g/mol. The first kappa shape index (κ1) is 16.9. The third-order valence-electron chi connectivity index (χ3n) is 5.20. The highest BCUT2D eigenvalue weighted by Crippen LogP contribution is 2.30. The van der Waals surface area contributed by atoms with Gasteiger partial charge in [0.2, 0.25) is 0 Å². The summed E-state index contributed by atoms with van der Waals surface area (Å²) in [6.45, 7) is 3.65. The van der Waals surface area contributed by atoms with E-state index in [2.05, 4.69) is 12.0 Å². The summed E-state index contributed by atoms with van der Waals surface area (Å²) in [7, 11) is 0. The zero-order valence-electron chi connectivity index (χ0n) is 15.2. The summed E-state index contributed by atoms with van der Waals surface area (Å²) in [5, 5.41) is 4.61. The lowest BCUT2D eigenvalue weighted by molar-refractivity contribution is 0.274. The van der Waals surface area contributed by atoms with E-state index in [0.717, 1.165) is 36.4 Å². The Bertz CT molecular complexity index is 953. The second-order valence-corrected chi connectivity index (χ2v) is 7.11. The molecule has 1 fully saturated rings. The minimum Gasteiger partial charge on any atom is -0.493 e. The molecule has 0 unspecified atom stereocenters. The van der Waals surface area contributed by atoms with Crippen LogP contribution in [0, 0.1) is 5.92 Å². The summed E-state index contributed by atoms with van der Waals surface area (Å²) in [5.41, 5.74) is 2.35. The molecule has 0 aliphatic heterocycles. The van der Waals surface area contributed by atoms with Gasteiger partial charge < -0.3 is 9.30 Å². The van der Waals surface area contributed by atoms with E-state index in [1.165, 1.54) is 19.3 Å². The van der Waals surface area contributed by atoms with Crippen molar-refractivity contribution in [2.45, 2.75) is 45.6 Å². The van der Waals surface area contributed by atoms with Gasteiger partial charge in [0.15, 0.2) is 0 Å². The number of ether oxygens (including phenoxy) is 1. The summed E-state index contributed by atoms with van der Waals surface area (Å²) in [6, 6.07) is 9.77. The second-order valence-electron chi connectivity index (χ2n) is 7.11. The number of hydrogen-bond donors (Lipinski definition) is 0. The molecule has 5 heteroatoms. The number of para-hydroxylation sites is 1. The largest absolute Gasteiger partial charge is 0.493 e. The molecule has 0 amide bonds. The van der Waals surface area contributed by atoms with Crippen molar-refractivity contribution in [2.24, 2.45) is 5.92 Å². The summed E-state index contributed by atoms with van der Waals surface area (Å²) in [5.74, 6) is 1.46. The highest BCUT2D eigenvalue weighted by Gasteiger charge is 2.19. The fraction of sp³-hybridized carbons (Fsp3) is 0.429. The van der Waals surface area contributed by atoms with Crippen LogP contribution in [-0.4, -0.2) is 20.8 Å². The minimum absolute atomic E-state index is 0.0301. The van der Waals surface area contributed by atoms with Crippen molar-refractivity contribution in [3.8, 4) is 17.0 Å². The number of benzene rings is 1. The molecule has 1 saturated carbocycles. The van der Waals surface area contributed by atoms with E-state index in [-0.39, 0.29) is 5.56 Å². The standard InChI is InChI=1S/C21H25N3O2/c1-2-3-13-26-20-10-5-4-9-17(20)18-14-19-21(25)23(11-12-24(19)22-18)15-16-7-6-8-16/h4-5,9-12,14,16H,2-3,6-8,13,15H2,1H3. The lowest BCUT2D eigenvalue weighted by atomic mass is 9.85. The van der Waals surface area contributed by atoms with Crippen LogP contribution < -0.4 is 10.3 Å². The molecule has 0 saturated heterocycles. The topological polar surface area (TPSA) is 48.5 Å². The Hall–Kier alpha value is -2.56. The lowest BCUT2D eigenvalue weighted by Crippen LogP contribution is -2.27. The number of fused-ring (bicyclic) bond motifs is 1. The maximum absolute atomic E-state index is 12.8. The second kappa shape index (κ2) is 7.36. The van der Waals surface area contributed by atoms with Crippen LogP contribution in [0.25, 0.3) is 16.8 Å². The molecule has 0 spiro atoms. The van der Waals surface area contributed by atoms with E-state index >= 15 is 0 Å². The molecular formula is C21H25N3O2. The van der Waals surface area contributed by atoms with Gasteiger partial charge in [0.05, 0.1) is 12.3 Å². The van der Waals surface area contributed by atoms with E-state index in [0.29, 0.717) is 18.0 Å². The van der Waals surface area contributed by atoms with Crippen molar-refractivity contribution in [1.29, 1.82) is 0 Å². The van der Waals surface area contributed by atoms with Crippen molar-refractivity contribution < 1.29 is 4.74 Å². The highest BCUT2D eigenvalue weighted by molar-refractivity contribution is 5.71. The molecule has 2 heterocycles. The molecule has 1 aliphatic rings. The molecule has 3 aromatic rings. The summed E-state index contributed by atoms with van der Waals surface area (Å²) in [4.78, 5) is 12.8. The van der Waals surface area contributed by atoms with Gasteiger partial charge in [-0.25, -0.2) is 4.52 Å². The molecule has 0 radical (unpaired) electrons. The third kappa shape index (κ3) is 3.26. The zero-order valence-corrected chi connectivity index (χ0v) is 15.2. The van der Waals surface area contributed by atoms with Crippen LogP contribution >= 0.6 is 0 Å². The maximum atomic E-state index is 12.8. The zero-order chi connectivity index (χ0) is 17.9. The molecule has 2 aromatic heterocycles. The first-order valence-electron chi connectivity index (χ1n) is 9.57. The van der Waals surface area contributed by atoms with E-state index in [1.807, 2.05) is 47.3 Å². The molecule has 1 aromatic carbocycles. The van der Waals surface area contributed by atoms with E-state index < -0.39 is 0 Å². The van der Waals surface area contributed by atoms with Crippen molar-refractivity contribution >= 4 is 5.52 Å². The fourth-order valence-corrected chi connectivity index (χ4v) is 3.39. The van der Waals surface area contributed by atoms with Crippen LogP contribution in [0.1, 0.15) is 39.0 Å². The van der Waals surface area contributed by atoms with Gasteiger partial charge in [-0.05, 0) is 43.4 Å². The van der Waals surface area contributed by atoms with Gasteiger partial charge in [0.1, 0.15) is 11.3 Å². The maximum Gasteiger partial charge on any atom is 0.276 e. The van der Waals surface area contributed by atoms with Gasteiger partial charge in [-0.1, -0.05) is 31.9 Å². The number of nitrogens with zero attached hydrogens (tertiary/aromatic N) is 3. The quantitative estimate of drug-likeness (QED) is 0.601. The summed E-state index contributed by atoms with van der Waals surface area (Å²) >= 11 is 0. The Morgan fingerprint density at radius 1 is 1.23 bits per heavy atom. The van der Waals surface area contributed by atoms with Gasteiger partial charge in [0.25, 0.3) is 5.56 Å². The molecule has 0 N–H and O–H groups in total. The van der Waals surface area contributed by atoms with Gasteiger partial charge in [-0.2, -0.15) is 5.10 Å². The molecule has 4 rings (SSSR count). The monoisotopic (exact) mass is 351 g/mol. The van der Waals surface area contributed by atoms with Crippen LogP contribution in [0.15, 0.2) is 47.5 Å². The van der Waals surface area contributed by atoms with E-state index in [4.69, 9.17) is 4.74 Å². The van der Waals surface area contributed by atoms with Crippen molar-refractivity contribution in [2.75, 3.05) is 6.61 Å². The molecule has 26 heavy (non-hydrogen) atoms. The smallest absolute Gasteiger partial charge is 0.276 e. The Balaban J connectivity index is 1.67. The Kier molecular flexibility index (Phi) is 4.78. The SMILES string of the molecule is CCCCOc1ccccc1-c1cc2c(=O)n(CC3CCC3)ccn2n1. The Morgan fingerprint density at radius 3 is 2.85 bits per heavy atom. The first-order valence-corrected chi connectivity index (χ1v) is 9.57.